The van der Waals surface area contributed by atoms with Gasteiger partial charge >= 0.3 is 0 Å². The second-order valence-electron chi connectivity index (χ2n) is 3.61. The molecule has 0 aliphatic rings. The smallest absolute Gasteiger partial charge is 0.167 e. The molecule has 2 N–H and O–H groups in total. The molecular weight excluding hydrogens is 224 g/mol. The van der Waals surface area contributed by atoms with E-state index in [0.717, 1.165) is 17.7 Å². The third kappa shape index (κ3) is 2.93. The van der Waals surface area contributed by atoms with Gasteiger partial charge in [-0.3, -0.25) is 0 Å². The van der Waals surface area contributed by atoms with Crippen molar-refractivity contribution in [1.29, 1.82) is 0 Å². The summed E-state index contributed by atoms with van der Waals surface area (Å²) in [7, 11) is 0. The number of nitrogen functional groups attached to an aromatic ring is 1. The van der Waals surface area contributed by atoms with Crippen LogP contribution in [0.25, 0.3) is 0 Å². The fourth-order valence-corrected chi connectivity index (χ4v) is 1.37. The highest BCUT2D eigenvalue weighted by Gasteiger charge is 2.04. The Labute approximate surface area is 97.6 Å². The normalized spacial score (nSPS) is 10.2. The van der Waals surface area contributed by atoms with Crippen LogP contribution in [0, 0.1) is 11.6 Å². The van der Waals surface area contributed by atoms with Gasteiger partial charge in [-0.2, -0.15) is 0 Å². The molecule has 0 saturated carbocycles. The van der Waals surface area contributed by atoms with Gasteiger partial charge in [-0.1, -0.05) is 12.1 Å². The first kappa shape index (κ1) is 11.4. The van der Waals surface area contributed by atoms with Crippen LogP contribution in [0.4, 0.5) is 14.5 Å². The van der Waals surface area contributed by atoms with Crippen molar-refractivity contribution in [3.05, 3.63) is 59.7 Å². The second-order valence-corrected chi connectivity index (χ2v) is 3.61. The third-order valence-corrected chi connectivity index (χ3v) is 2.27. The summed E-state index contributed by atoms with van der Waals surface area (Å²) in [6.45, 7) is 0.211. The van der Waals surface area contributed by atoms with Gasteiger partial charge in [0, 0.05) is 11.8 Å². The molecule has 2 aromatic carbocycles. The van der Waals surface area contributed by atoms with Crippen molar-refractivity contribution in [1.82, 2.24) is 0 Å². The van der Waals surface area contributed by atoms with E-state index < -0.39 is 11.6 Å². The Kier molecular flexibility index (Phi) is 3.23. The van der Waals surface area contributed by atoms with Gasteiger partial charge in [0.25, 0.3) is 0 Å². The Morgan fingerprint density at radius 3 is 2.35 bits per heavy atom. The van der Waals surface area contributed by atoms with E-state index in [0.29, 0.717) is 5.69 Å². The lowest BCUT2D eigenvalue weighted by Gasteiger charge is -2.07. The monoisotopic (exact) mass is 235 g/mol. The summed E-state index contributed by atoms with van der Waals surface area (Å²) in [6, 6.07) is 10.3. The lowest BCUT2D eigenvalue weighted by atomic mass is 10.2. The highest BCUT2D eigenvalue weighted by atomic mass is 19.1. The summed E-state index contributed by atoms with van der Waals surface area (Å²) in [5.41, 5.74) is 7.05. The number of halogens is 2. The average molecular weight is 235 g/mol. The summed E-state index contributed by atoms with van der Waals surface area (Å²) in [6.07, 6.45) is 0. The van der Waals surface area contributed by atoms with Gasteiger partial charge in [0.05, 0.1) is 0 Å². The standard InChI is InChI=1S/C13H11F2NO/c14-10-3-6-13(12(15)7-10)17-8-9-1-4-11(16)5-2-9/h1-7H,8,16H2. The molecule has 88 valence electrons. The molecule has 2 rings (SSSR count). The molecule has 0 saturated heterocycles. The predicted octanol–water partition coefficient (Wildman–Crippen LogP) is 3.13. The van der Waals surface area contributed by atoms with Crippen LogP contribution in [-0.2, 0) is 6.61 Å². The van der Waals surface area contributed by atoms with Gasteiger partial charge in [0.15, 0.2) is 11.6 Å². The SMILES string of the molecule is Nc1ccc(COc2ccc(F)cc2F)cc1. The van der Waals surface area contributed by atoms with Gasteiger partial charge in [-0.15, -0.1) is 0 Å². The largest absolute Gasteiger partial charge is 0.486 e. The van der Waals surface area contributed by atoms with Crippen LogP contribution in [0.1, 0.15) is 5.56 Å². The van der Waals surface area contributed by atoms with Crippen molar-refractivity contribution >= 4 is 5.69 Å². The predicted molar refractivity (Wildman–Crippen MR) is 61.5 cm³/mol. The van der Waals surface area contributed by atoms with E-state index in [1.54, 1.807) is 24.3 Å². The molecule has 2 nitrogen and oxygen atoms in total. The molecule has 0 heterocycles. The summed E-state index contributed by atoms with van der Waals surface area (Å²) in [5.74, 6) is -1.30. The van der Waals surface area contributed by atoms with Crippen molar-refractivity contribution < 1.29 is 13.5 Å². The molecule has 0 spiro atoms. The van der Waals surface area contributed by atoms with Gasteiger partial charge in [-0.25, -0.2) is 8.78 Å². The number of hydrogen-bond donors (Lipinski definition) is 1. The second kappa shape index (κ2) is 4.82. The van der Waals surface area contributed by atoms with E-state index in [-0.39, 0.29) is 12.4 Å². The van der Waals surface area contributed by atoms with Crippen molar-refractivity contribution in [2.24, 2.45) is 0 Å². The number of nitrogens with two attached hydrogens (primary N) is 1. The van der Waals surface area contributed by atoms with E-state index >= 15 is 0 Å². The quantitative estimate of drug-likeness (QED) is 0.829. The van der Waals surface area contributed by atoms with Crippen molar-refractivity contribution in [3.8, 4) is 5.75 Å². The van der Waals surface area contributed by atoms with Crippen molar-refractivity contribution in [2.45, 2.75) is 6.61 Å². The Morgan fingerprint density at radius 1 is 1.00 bits per heavy atom. The molecule has 0 radical (unpaired) electrons. The summed E-state index contributed by atoms with van der Waals surface area (Å²) >= 11 is 0. The Bertz CT molecular complexity index is 511. The van der Waals surface area contributed by atoms with Gasteiger partial charge < -0.3 is 10.5 Å². The zero-order valence-electron chi connectivity index (χ0n) is 8.99. The fourth-order valence-electron chi connectivity index (χ4n) is 1.37. The van der Waals surface area contributed by atoms with E-state index in [2.05, 4.69) is 0 Å². The molecule has 0 fully saturated rings. The first-order valence-electron chi connectivity index (χ1n) is 5.07. The van der Waals surface area contributed by atoms with E-state index in [1.807, 2.05) is 0 Å². The Morgan fingerprint density at radius 2 is 1.71 bits per heavy atom. The number of anilines is 1. The number of benzene rings is 2. The fraction of sp³-hybridized carbons (Fsp3) is 0.0769. The molecular formula is C13H11F2NO. The molecule has 0 aromatic heterocycles. The van der Waals surface area contributed by atoms with Crippen LogP contribution in [0.5, 0.6) is 5.75 Å². The molecule has 0 aliphatic carbocycles. The van der Waals surface area contributed by atoms with Gasteiger partial charge in [0.2, 0.25) is 0 Å². The van der Waals surface area contributed by atoms with Crippen LogP contribution in [-0.4, -0.2) is 0 Å². The molecule has 2 aromatic rings. The Balaban J connectivity index is 2.04. The molecule has 0 amide bonds. The molecule has 0 bridgehead atoms. The van der Waals surface area contributed by atoms with E-state index in [1.165, 1.54) is 6.07 Å². The molecule has 0 atom stereocenters. The maximum absolute atomic E-state index is 13.2. The molecule has 17 heavy (non-hydrogen) atoms. The lowest BCUT2D eigenvalue weighted by molar-refractivity contribution is 0.289. The topological polar surface area (TPSA) is 35.2 Å². The van der Waals surface area contributed by atoms with Crippen LogP contribution >= 0.6 is 0 Å². The minimum Gasteiger partial charge on any atom is -0.486 e. The summed E-state index contributed by atoms with van der Waals surface area (Å²) in [5, 5.41) is 0. The van der Waals surface area contributed by atoms with E-state index in [9.17, 15) is 8.78 Å². The van der Waals surface area contributed by atoms with Crippen LogP contribution in [0.3, 0.4) is 0 Å². The van der Waals surface area contributed by atoms with Crippen LogP contribution < -0.4 is 10.5 Å². The molecule has 0 unspecified atom stereocenters. The zero-order valence-corrected chi connectivity index (χ0v) is 8.99. The first-order chi connectivity index (χ1) is 8.15. The first-order valence-corrected chi connectivity index (χ1v) is 5.07. The number of rotatable bonds is 3. The summed E-state index contributed by atoms with van der Waals surface area (Å²) < 4.78 is 31.1. The molecule has 4 heteroatoms. The molecule has 0 aliphatic heterocycles. The van der Waals surface area contributed by atoms with Gasteiger partial charge in [0.1, 0.15) is 12.4 Å². The highest BCUT2D eigenvalue weighted by Crippen LogP contribution is 2.19. The maximum atomic E-state index is 13.2. The van der Waals surface area contributed by atoms with Crippen LogP contribution in [0.2, 0.25) is 0 Å². The third-order valence-electron chi connectivity index (χ3n) is 2.27. The van der Waals surface area contributed by atoms with Crippen molar-refractivity contribution in [3.63, 3.8) is 0 Å². The minimum absolute atomic E-state index is 0.0308. The number of ether oxygens (including phenoxy) is 1. The lowest BCUT2D eigenvalue weighted by Crippen LogP contribution is -1.98. The van der Waals surface area contributed by atoms with E-state index in [4.69, 9.17) is 10.5 Å². The average Bonchev–Trinajstić information content (AvgIpc) is 2.30. The van der Waals surface area contributed by atoms with Crippen molar-refractivity contribution in [2.75, 3.05) is 5.73 Å². The maximum Gasteiger partial charge on any atom is 0.167 e. The highest BCUT2D eigenvalue weighted by molar-refractivity contribution is 5.39. The number of hydrogen-bond acceptors (Lipinski definition) is 2. The van der Waals surface area contributed by atoms with Crippen LogP contribution in [0.15, 0.2) is 42.5 Å². The summed E-state index contributed by atoms with van der Waals surface area (Å²) in [4.78, 5) is 0. The Hall–Kier alpha value is -2.10. The zero-order chi connectivity index (χ0) is 12.3. The van der Waals surface area contributed by atoms with Gasteiger partial charge in [-0.05, 0) is 29.8 Å². The minimum atomic E-state index is -0.708.